The first kappa shape index (κ1) is 11.5. The van der Waals surface area contributed by atoms with E-state index in [4.69, 9.17) is 0 Å². The Hall–Kier alpha value is -0.470. The average Bonchev–Trinajstić information content (AvgIpc) is 2.11. The number of aldehydes is 1. The fraction of sp³-hybridized carbons (Fsp3) is 0.714. The fourth-order valence-electron chi connectivity index (χ4n) is 0.841. The van der Waals surface area contributed by atoms with Crippen LogP contribution in [-0.4, -0.2) is 25.3 Å². The van der Waals surface area contributed by atoms with Gasteiger partial charge in [0.25, 0.3) is 0 Å². The first-order chi connectivity index (χ1) is 5.85. The van der Waals surface area contributed by atoms with Crippen LogP contribution in [0.4, 0.5) is 0 Å². The van der Waals surface area contributed by atoms with Crippen LogP contribution in [0.2, 0.25) is 0 Å². The summed E-state index contributed by atoms with van der Waals surface area (Å²) < 4.78 is 0. The normalized spacial score (nSPS) is 12.1. The van der Waals surface area contributed by atoms with E-state index in [9.17, 15) is 9.59 Å². The Morgan fingerprint density at radius 3 is 2.58 bits per heavy atom. The summed E-state index contributed by atoms with van der Waals surface area (Å²) in [4.78, 5) is 20.1. The summed E-state index contributed by atoms with van der Waals surface area (Å²) in [5.74, 6) is 0. The van der Waals surface area contributed by atoms with E-state index in [-0.39, 0.29) is 6.04 Å². The molecule has 2 unspecified atom stereocenters. The second-order valence-electron chi connectivity index (χ2n) is 2.48. The van der Waals surface area contributed by atoms with Crippen molar-refractivity contribution in [3.8, 4) is 0 Å². The maximum Gasteiger partial charge on any atom is 0.207 e. The SMILES string of the molecule is O=CNCCCCC(C=O)NP. The number of nitrogens with one attached hydrogen (secondary N) is 2. The lowest BCUT2D eigenvalue weighted by atomic mass is 10.1. The van der Waals surface area contributed by atoms with Crippen molar-refractivity contribution >= 4 is 22.1 Å². The van der Waals surface area contributed by atoms with E-state index in [1.54, 1.807) is 0 Å². The standard InChI is InChI=1S/C7H15N2O2P/c10-5-7(9-12)3-1-2-4-8-6-11/h5-7,9H,1-4,12H2,(H,8,11). The van der Waals surface area contributed by atoms with Gasteiger partial charge >= 0.3 is 0 Å². The molecular formula is C7H15N2O2P. The molecule has 0 aromatic carbocycles. The van der Waals surface area contributed by atoms with Gasteiger partial charge in [-0.25, -0.2) is 0 Å². The minimum absolute atomic E-state index is 0.0776. The first-order valence-corrected chi connectivity index (χ1v) is 4.51. The van der Waals surface area contributed by atoms with E-state index < -0.39 is 0 Å². The number of amides is 1. The van der Waals surface area contributed by atoms with Crippen molar-refractivity contribution in [1.82, 2.24) is 10.4 Å². The number of carbonyl (C=O) groups is 2. The molecule has 0 aliphatic carbocycles. The summed E-state index contributed by atoms with van der Waals surface area (Å²) in [6, 6.07) is -0.0776. The van der Waals surface area contributed by atoms with Crippen LogP contribution in [0.3, 0.4) is 0 Å². The summed E-state index contributed by atoms with van der Waals surface area (Å²) in [5, 5.41) is 5.36. The summed E-state index contributed by atoms with van der Waals surface area (Å²) in [7, 11) is 2.32. The molecule has 0 aliphatic rings. The Labute approximate surface area is 74.7 Å². The Balaban J connectivity index is 3.17. The minimum atomic E-state index is -0.0776. The Morgan fingerprint density at radius 2 is 2.08 bits per heavy atom. The number of unbranched alkanes of at least 4 members (excludes halogenated alkanes) is 1. The molecule has 0 aromatic heterocycles. The molecule has 0 aromatic rings. The molecular weight excluding hydrogens is 175 g/mol. The van der Waals surface area contributed by atoms with Crippen molar-refractivity contribution in [2.24, 2.45) is 0 Å². The average molecular weight is 190 g/mol. The van der Waals surface area contributed by atoms with Gasteiger partial charge < -0.3 is 10.1 Å². The van der Waals surface area contributed by atoms with E-state index in [1.807, 2.05) is 0 Å². The van der Waals surface area contributed by atoms with Crippen molar-refractivity contribution in [2.75, 3.05) is 6.54 Å². The van der Waals surface area contributed by atoms with Gasteiger partial charge in [0, 0.05) is 6.54 Å². The molecule has 0 heterocycles. The van der Waals surface area contributed by atoms with Crippen molar-refractivity contribution in [1.29, 1.82) is 0 Å². The largest absolute Gasteiger partial charge is 0.359 e. The lowest BCUT2D eigenvalue weighted by Gasteiger charge is -2.07. The minimum Gasteiger partial charge on any atom is -0.359 e. The number of hydrogen-bond donors (Lipinski definition) is 2. The molecule has 0 radical (unpaired) electrons. The molecule has 5 heteroatoms. The first-order valence-electron chi connectivity index (χ1n) is 3.93. The van der Waals surface area contributed by atoms with E-state index in [2.05, 4.69) is 19.8 Å². The maximum atomic E-state index is 10.3. The zero-order valence-electron chi connectivity index (χ0n) is 6.95. The highest BCUT2D eigenvalue weighted by Crippen LogP contribution is 1.99. The third-order valence-corrected chi connectivity index (χ3v) is 1.98. The zero-order valence-corrected chi connectivity index (χ0v) is 8.11. The molecule has 2 N–H and O–H groups in total. The topological polar surface area (TPSA) is 58.2 Å². The molecule has 70 valence electrons. The summed E-state index contributed by atoms with van der Waals surface area (Å²) in [6.07, 6.45) is 4.24. The van der Waals surface area contributed by atoms with E-state index in [1.165, 1.54) is 0 Å². The molecule has 0 aliphatic heterocycles. The number of rotatable bonds is 8. The van der Waals surface area contributed by atoms with Crippen LogP contribution in [0.1, 0.15) is 19.3 Å². The van der Waals surface area contributed by atoms with Gasteiger partial charge in [-0.05, 0) is 19.3 Å². The van der Waals surface area contributed by atoms with Gasteiger partial charge in [-0.1, -0.05) is 9.39 Å². The zero-order chi connectivity index (χ0) is 9.23. The van der Waals surface area contributed by atoms with Gasteiger partial charge in [0.2, 0.25) is 6.41 Å². The molecule has 0 rings (SSSR count). The van der Waals surface area contributed by atoms with Crippen molar-refractivity contribution in [3.05, 3.63) is 0 Å². The highest BCUT2D eigenvalue weighted by atomic mass is 31.0. The number of carbonyl (C=O) groups excluding carboxylic acids is 2. The molecule has 1 amide bonds. The fourth-order valence-corrected chi connectivity index (χ4v) is 1.09. The smallest absolute Gasteiger partial charge is 0.207 e. The Kier molecular flexibility index (Phi) is 8.29. The molecule has 0 saturated carbocycles. The lowest BCUT2D eigenvalue weighted by Crippen LogP contribution is -2.22. The van der Waals surface area contributed by atoms with Crippen LogP contribution in [-0.2, 0) is 9.59 Å². The van der Waals surface area contributed by atoms with Crippen LogP contribution in [0.15, 0.2) is 0 Å². The third kappa shape index (κ3) is 6.25. The lowest BCUT2D eigenvalue weighted by molar-refractivity contribution is -0.110. The van der Waals surface area contributed by atoms with E-state index in [0.29, 0.717) is 13.0 Å². The second-order valence-corrected chi connectivity index (χ2v) is 2.81. The maximum absolute atomic E-state index is 10.3. The predicted octanol–water partition coefficient (Wildman–Crippen LogP) is -0.150. The highest BCUT2D eigenvalue weighted by Gasteiger charge is 2.01. The molecule has 12 heavy (non-hydrogen) atoms. The molecule has 4 nitrogen and oxygen atoms in total. The van der Waals surface area contributed by atoms with Crippen LogP contribution in [0.5, 0.6) is 0 Å². The number of hydrogen-bond acceptors (Lipinski definition) is 3. The van der Waals surface area contributed by atoms with Gasteiger partial charge in [0.1, 0.15) is 6.29 Å². The molecule has 2 atom stereocenters. The van der Waals surface area contributed by atoms with Gasteiger partial charge in [-0.15, -0.1) is 0 Å². The van der Waals surface area contributed by atoms with E-state index >= 15 is 0 Å². The van der Waals surface area contributed by atoms with Crippen molar-refractivity contribution in [3.63, 3.8) is 0 Å². The monoisotopic (exact) mass is 190 g/mol. The van der Waals surface area contributed by atoms with Crippen LogP contribution >= 0.6 is 9.39 Å². The van der Waals surface area contributed by atoms with Gasteiger partial charge in [-0.3, -0.25) is 9.88 Å². The Bertz CT molecular complexity index is 133. The quantitative estimate of drug-likeness (QED) is 0.318. The summed E-state index contributed by atoms with van der Waals surface area (Å²) in [6.45, 7) is 0.686. The Morgan fingerprint density at radius 1 is 1.33 bits per heavy atom. The molecule has 0 saturated heterocycles. The van der Waals surface area contributed by atoms with E-state index in [0.717, 1.165) is 25.5 Å². The van der Waals surface area contributed by atoms with Crippen molar-refractivity contribution < 1.29 is 9.59 Å². The van der Waals surface area contributed by atoms with Crippen LogP contribution < -0.4 is 10.4 Å². The highest BCUT2D eigenvalue weighted by molar-refractivity contribution is 7.13. The summed E-state index contributed by atoms with van der Waals surface area (Å²) >= 11 is 0. The second kappa shape index (κ2) is 8.62. The molecule has 0 bridgehead atoms. The van der Waals surface area contributed by atoms with Gasteiger partial charge in [-0.2, -0.15) is 0 Å². The van der Waals surface area contributed by atoms with Crippen molar-refractivity contribution in [2.45, 2.75) is 25.3 Å². The molecule has 0 spiro atoms. The third-order valence-electron chi connectivity index (χ3n) is 1.55. The van der Waals surface area contributed by atoms with Gasteiger partial charge in [0.05, 0.1) is 6.04 Å². The molecule has 0 fully saturated rings. The van der Waals surface area contributed by atoms with Crippen LogP contribution in [0, 0.1) is 0 Å². The predicted molar refractivity (Wildman–Crippen MR) is 50.6 cm³/mol. The van der Waals surface area contributed by atoms with Crippen LogP contribution in [0.25, 0.3) is 0 Å². The van der Waals surface area contributed by atoms with Gasteiger partial charge in [0.15, 0.2) is 0 Å². The summed E-state index contributed by atoms with van der Waals surface area (Å²) in [5.41, 5.74) is 0.